The lowest BCUT2D eigenvalue weighted by atomic mass is 10.1. The van der Waals surface area contributed by atoms with Crippen LogP contribution in [0.15, 0.2) is 0 Å². The third-order valence-electron chi connectivity index (χ3n) is 1.42. The number of nitrogens with one attached hydrogen (secondary N) is 1. The van der Waals surface area contributed by atoms with E-state index in [1.165, 1.54) is 19.4 Å². The Hall–Kier alpha value is -0.0400. The SMILES string of the molecule is CC.CC.CCC1CCN1. The van der Waals surface area contributed by atoms with E-state index in [1.807, 2.05) is 27.7 Å². The summed E-state index contributed by atoms with van der Waals surface area (Å²) in [6, 6.07) is 0.866. The van der Waals surface area contributed by atoms with Gasteiger partial charge in [0.25, 0.3) is 0 Å². The number of hydrogen-bond acceptors (Lipinski definition) is 1. The van der Waals surface area contributed by atoms with E-state index in [-0.39, 0.29) is 0 Å². The molecule has 1 rings (SSSR count). The molecule has 0 aromatic rings. The molecule has 0 aromatic heterocycles. The molecule has 64 valence electrons. The van der Waals surface area contributed by atoms with Crippen LogP contribution in [0.4, 0.5) is 0 Å². The summed E-state index contributed by atoms with van der Waals surface area (Å²) in [4.78, 5) is 0. The van der Waals surface area contributed by atoms with Gasteiger partial charge in [-0.25, -0.2) is 0 Å². The molecule has 1 N–H and O–H groups in total. The summed E-state index contributed by atoms with van der Waals surface area (Å²) >= 11 is 0. The van der Waals surface area contributed by atoms with Crippen molar-refractivity contribution in [2.75, 3.05) is 6.54 Å². The predicted molar refractivity (Wildman–Crippen MR) is 49.4 cm³/mol. The van der Waals surface area contributed by atoms with Crippen LogP contribution in [0.5, 0.6) is 0 Å². The molecule has 1 saturated heterocycles. The second kappa shape index (κ2) is 11.7. The van der Waals surface area contributed by atoms with Crippen LogP contribution in [0.1, 0.15) is 47.5 Å². The Morgan fingerprint density at radius 2 is 1.60 bits per heavy atom. The van der Waals surface area contributed by atoms with Crippen LogP contribution in [0.2, 0.25) is 0 Å². The van der Waals surface area contributed by atoms with Crippen molar-refractivity contribution in [1.82, 2.24) is 5.32 Å². The van der Waals surface area contributed by atoms with Crippen molar-refractivity contribution >= 4 is 0 Å². The third-order valence-corrected chi connectivity index (χ3v) is 1.42. The molecule has 0 bridgehead atoms. The van der Waals surface area contributed by atoms with Gasteiger partial charge in [0.1, 0.15) is 0 Å². The Labute approximate surface area is 66.2 Å². The lowest BCUT2D eigenvalue weighted by molar-refractivity contribution is 0.362. The van der Waals surface area contributed by atoms with Crippen molar-refractivity contribution < 1.29 is 0 Å². The van der Waals surface area contributed by atoms with Crippen molar-refractivity contribution in [3.05, 3.63) is 0 Å². The van der Waals surface area contributed by atoms with Gasteiger partial charge in [-0.1, -0.05) is 34.6 Å². The summed E-state index contributed by atoms with van der Waals surface area (Å²) in [5.41, 5.74) is 0. The van der Waals surface area contributed by atoms with Crippen LogP contribution in [-0.4, -0.2) is 12.6 Å². The zero-order chi connectivity index (χ0) is 8.41. The Kier molecular flexibility index (Phi) is 14.8. The largest absolute Gasteiger partial charge is 0.314 e. The van der Waals surface area contributed by atoms with E-state index in [2.05, 4.69) is 12.2 Å². The highest BCUT2D eigenvalue weighted by Crippen LogP contribution is 2.03. The number of rotatable bonds is 1. The van der Waals surface area contributed by atoms with Crippen molar-refractivity contribution in [1.29, 1.82) is 0 Å². The second-order valence-corrected chi connectivity index (χ2v) is 1.85. The molecule has 1 nitrogen and oxygen atoms in total. The molecule has 1 unspecified atom stereocenters. The maximum atomic E-state index is 3.30. The Morgan fingerprint density at radius 3 is 1.60 bits per heavy atom. The van der Waals surface area contributed by atoms with Gasteiger partial charge in [-0.15, -0.1) is 0 Å². The smallest absolute Gasteiger partial charge is 0.00765 e. The van der Waals surface area contributed by atoms with Crippen LogP contribution >= 0.6 is 0 Å². The van der Waals surface area contributed by atoms with Crippen LogP contribution < -0.4 is 5.32 Å². The molecule has 1 aliphatic rings. The van der Waals surface area contributed by atoms with Crippen molar-refractivity contribution in [2.24, 2.45) is 0 Å². The van der Waals surface area contributed by atoms with E-state index in [4.69, 9.17) is 0 Å². The molecule has 1 fully saturated rings. The summed E-state index contributed by atoms with van der Waals surface area (Å²) in [5, 5.41) is 3.30. The lowest BCUT2D eigenvalue weighted by Crippen LogP contribution is -2.41. The van der Waals surface area contributed by atoms with E-state index in [9.17, 15) is 0 Å². The molecule has 0 spiro atoms. The van der Waals surface area contributed by atoms with Crippen molar-refractivity contribution in [3.8, 4) is 0 Å². The van der Waals surface area contributed by atoms with E-state index in [1.54, 1.807) is 0 Å². The molecule has 0 amide bonds. The minimum Gasteiger partial charge on any atom is -0.314 e. The third kappa shape index (κ3) is 6.09. The van der Waals surface area contributed by atoms with Gasteiger partial charge < -0.3 is 5.32 Å². The molecule has 1 aliphatic heterocycles. The van der Waals surface area contributed by atoms with Crippen LogP contribution in [0.3, 0.4) is 0 Å². The Morgan fingerprint density at radius 1 is 1.20 bits per heavy atom. The first-order valence-corrected chi connectivity index (χ1v) is 4.67. The van der Waals surface area contributed by atoms with Gasteiger partial charge in [0, 0.05) is 6.04 Å². The van der Waals surface area contributed by atoms with Crippen molar-refractivity contribution in [2.45, 2.75) is 53.5 Å². The van der Waals surface area contributed by atoms with Gasteiger partial charge in [0.15, 0.2) is 0 Å². The summed E-state index contributed by atoms with van der Waals surface area (Å²) in [7, 11) is 0. The van der Waals surface area contributed by atoms with Gasteiger partial charge in [-0.3, -0.25) is 0 Å². The van der Waals surface area contributed by atoms with Gasteiger partial charge in [-0.2, -0.15) is 0 Å². The molecule has 1 atom stereocenters. The average Bonchev–Trinajstić information content (AvgIpc) is 1.95. The average molecular weight is 145 g/mol. The second-order valence-electron chi connectivity index (χ2n) is 1.85. The summed E-state index contributed by atoms with van der Waals surface area (Å²) in [5.74, 6) is 0. The maximum absolute atomic E-state index is 3.30. The minimum absolute atomic E-state index is 0.866. The first kappa shape index (κ1) is 12.6. The van der Waals surface area contributed by atoms with Crippen LogP contribution in [-0.2, 0) is 0 Å². The standard InChI is InChI=1S/C5H11N.2C2H6/c1-2-5-3-4-6-5;2*1-2/h5-6H,2-4H2,1H3;2*1-2H3. The Balaban J connectivity index is 0. The first-order chi connectivity index (χ1) is 4.93. The lowest BCUT2D eigenvalue weighted by Gasteiger charge is -2.25. The molecule has 10 heavy (non-hydrogen) atoms. The maximum Gasteiger partial charge on any atom is 0.00765 e. The fourth-order valence-corrected chi connectivity index (χ4v) is 0.697. The highest BCUT2D eigenvalue weighted by Gasteiger charge is 2.11. The van der Waals surface area contributed by atoms with Crippen LogP contribution in [0, 0.1) is 0 Å². The molecule has 0 radical (unpaired) electrons. The fraction of sp³-hybridized carbons (Fsp3) is 1.00. The van der Waals surface area contributed by atoms with Gasteiger partial charge in [-0.05, 0) is 19.4 Å². The number of hydrogen-bond donors (Lipinski definition) is 1. The molecule has 0 aliphatic carbocycles. The fourth-order valence-electron chi connectivity index (χ4n) is 0.697. The zero-order valence-electron chi connectivity index (χ0n) is 8.20. The monoisotopic (exact) mass is 145 g/mol. The van der Waals surface area contributed by atoms with E-state index >= 15 is 0 Å². The van der Waals surface area contributed by atoms with Gasteiger partial charge in [0.2, 0.25) is 0 Å². The predicted octanol–water partition coefficient (Wildman–Crippen LogP) is 2.81. The molecular weight excluding hydrogens is 122 g/mol. The molecular formula is C9H23N. The van der Waals surface area contributed by atoms with Crippen molar-refractivity contribution in [3.63, 3.8) is 0 Å². The first-order valence-electron chi connectivity index (χ1n) is 4.67. The summed E-state index contributed by atoms with van der Waals surface area (Å²) in [6.07, 6.45) is 2.70. The van der Waals surface area contributed by atoms with E-state index in [0.717, 1.165) is 6.04 Å². The normalized spacial score (nSPS) is 20.7. The molecule has 0 saturated carbocycles. The zero-order valence-corrected chi connectivity index (χ0v) is 8.20. The molecule has 1 heteroatoms. The minimum atomic E-state index is 0.866. The van der Waals surface area contributed by atoms with Gasteiger partial charge in [0.05, 0.1) is 0 Å². The molecule has 1 heterocycles. The van der Waals surface area contributed by atoms with E-state index < -0.39 is 0 Å². The van der Waals surface area contributed by atoms with Gasteiger partial charge >= 0.3 is 0 Å². The summed E-state index contributed by atoms with van der Waals surface area (Å²) in [6.45, 7) is 11.5. The highest BCUT2D eigenvalue weighted by molar-refractivity contribution is 4.74. The van der Waals surface area contributed by atoms with Crippen LogP contribution in [0.25, 0.3) is 0 Å². The quantitative estimate of drug-likeness (QED) is 0.598. The topological polar surface area (TPSA) is 12.0 Å². The summed E-state index contributed by atoms with van der Waals surface area (Å²) < 4.78 is 0. The molecule has 0 aromatic carbocycles. The van der Waals surface area contributed by atoms with E-state index in [0.29, 0.717) is 0 Å². The highest BCUT2D eigenvalue weighted by atomic mass is 15.0. The Bertz CT molecular complexity index is 37.2.